The molecule has 1 aliphatic rings. The molecule has 0 amide bonds. The van der Waals surface area contributed by atoms with Crippen LogP contribution in [-0.4, -0.2) is 30.9 Å². The first kappa shape index (κ1) is 30.3. The van der Waals surface area contributed by atoms with E-state index < -0.39 is 12.0 Å². The van der Waals surface area contributed by atoms with Gasteiger partial charge in [0, 0.05) is 6.20 Å². The molecule has 3 aromatic carbocycles. The molecule has 5 rings (SSSR count). The monoisotopic (exact) mass is 662 g/mol. The van der Waals surface area contributed by atoms with Crippen molar-refractivity contribution in [1.29, 1.82) is 0 Å². The number of fused-ring (bicyclic) bond motifs is 1. The quantitative estimate of drug-likeness (QED) is 0.210. The molecule has 0 N–H and O–H groups in total. The number of esters is 1. The molecule has 8 nitrogen and oxygen atoms in total. The third-order valence-corrected chi connectivity index (χ3v) is 8.36. The normalized spacial score (nSPS) is 14.4. The topological polar surface area (TPSA) is 88.4 Å². The van der Waals surface area contributed by atoms with E-state index in [0.717, 1.165) is 15.6 Å². The van der Waals surface area contributed by atoms with Crippen LogP contribution < -0.4 is 29.1 Å². The fourth-order valence-electron chi connectivity index (χ4n) is 4.83. The van der Waals surface area contributed by atoms with Crippen molar-refractivity contribution >= 4 is 39.3 Å². The Balaban J connectivity index is 1.51. The molecule has 43 heavy (non-hydrogen) atoms. The molecule has 4 aromatic rings. The van der Waals surface area contributed by atoms with Gasteiger partial charge in [0.15, 0.2) is 16.3 Å². The summed E-state index contributed by atoms with van der Waals surface area (Å²) in [6.45, 7) is 7.16. The Bertz CT molecular complexity index is 1880. The number of carbonyl (C=O) groups excluding carboxylic acids is 1. The standard InChI is InChI=1S/C33H31BrN2O6S/c1-5-40-27-13-11-23(17-28(27)41-6-2)30-24(32(38)39-4)18-35-33-36(30)31(37)29(43-33)16-21-10-12-26(25(34)15-21)42-19-22-9-7-8-20(3)14-22/h7-18,30H,5-6,19H2,1-4H3/b29-16-/t30-/m0/s1. The number of aryl methyl sites for hydroxylation is 1. The summed E-state index contributed by atoms with van der Waals surface area (Å²) in [5.41, 5.74) is 3.71. The van der Waals surface area contributed by atoms with Crippen LogP contribution in [0, 0.1) is 6.92 Å². The summed E-state index contributed by atoms with van der Waals surface area (Å²) in [5, 5.41) is 0. The zero-order valence-corrected chi connectivity index (χ0v) is 26.7. The molecule has 0 fully saturated rings. The fraction of sp³-hybridized carbons (Fsp3) is 0.242. The third kappa shape index (κ3) is 6.60. The van der Waals surface area contributed by atoms with Crippen LogP contribution in [0.1, 0.15) is 42.1 Å². The predicted octanol–water partition coefficient (Wildman–Crippen LogP) is 5.47. The van der Waals surface area contributed by atoms with Gasteiger partial charge in [0.05, 0.1) is 40.9 Å². The van der Waals surface area contributed by atoms with Gasteiger partial charge in [-0.1, -0.05) is 53.3 Å². The molecule has 1 aliphatic heterocycles. The molecule has 222 valence electrons. The minimum Gasteiger partial charge on any atom is -0.490 e. The average molecular weight is 664 g/mol. The van der Waals surface area contributed by atoms with Crippen molar-refractivity contribution in [3.05, 3.63) is 119 Å². The van der Waals surface area contributed by atoms with Crippen molar-refractivity contribution in [2.24, 2.45) is 4.99 Å². The maximum atomic E-state index is 13.9. The number of hydrogen-bond acceptors (Lipinski definition) is 8. The van der Waals surface area contributed by atoms with Gasteiger partial charge in [-0.25, -0.2) is 9.79 Å². The summed E-state index contributed by atoms with van der Waals surface area (Å²) in [6, 6.07) is 18.5. The maximum Gasteiger partial charge on any atom is 0.337 e. The number of thiazole rings is 1. The molecule has 0 unspecified atom stereocenters. The highest BCUT2D eigenvalue weighted by molar-refractivity contribution is 9.10. The zero-order chi connectivity index (χ0) is 30.5. The lowest BCUT2D eigenvalue weighted by Crippen LogP contribution is -2.39. The van der Waals surface area contributed by atoms with Crippen LogP contribution in [0.25, 0.3) is 6.08 Å². The molecular weight excluding hydrogens is 632 g/mol. The van der Waals surface area contributed by atoms with Crippen molar-refractivity contribution < 1.29 is 23.7 Å². The van der Waals surface area contributed by atoms with Gasteiger partial charge < -0.3 is 18.9 Å². The highest BCUT2D eigenvalue weighted by atomic mass is 79.9. The van der Waals surface area contributed by atoms with Gasteiger partial charge in [0.2, 0.25) is 0 Å². The van der Waals surface area contributed by atoms with Crippen molar-refractivity contribution in [2.45, 2.75) is 33.4 Å². The number of nitrogens with zero attached hydrogens (tertiary/aromatic N) is 2. The van der Waals surface area contributed by atoms with E-state index in [-0.39, 0.29) is 11.1 Å². The van der Waals surface area contributed by atoms with Crippen LogP contribution >= 0.6 is 27.3 Å². The van der Waals surface area contributed by atoms with Gasteiger partial charge in [0.1, 0.15) is 12.4 Å². The number of ether oxygens (including phenoxy) is 4. The molecule has 10 heteroatoms. The van der Waals surface area contributed by atoms with Gasteiger partial charge in [-0.3, -0.25) is 9.36 Å². The lowest BCUT2D eigenvalue weighted by atomic mass is 9.97. The van der Waals surface area contributed by atoms with Crippen LogP contribution in [0.5, 0.6) is 17.2 Å². The lowest BCUT2D eigenvalue weighted by Gasteiger charge is -2.23. The predicted molar refractivity (Wildman–Crippen MR) is 170 cm³/mol. The summed E-state index contributed by atoms with van der Waals surface area (Å²) < 4.78 is 25.4. The summed E-state index contributed by atoms with van der Waals surface area (Å²) in [4.78, 5) is 31.6. The van der Waals surface area contributed by atoms with E-state index in [1.54, 1.807) is 12.1 Å². The number of halogens is 1. The van der Waals surface area contributed by atoms with E-state index in [1.165, 1.54) is 34.8 Å². The van der Waals surface area contributed by atoms with Crippen LogP contribution in [0.2, 0.25) is 0 Å². The zero-order valence-electron chi connectivity index (χ0n) is 24.3. The van der Waals surface area contributed by atoms with E-state index in [1.807, 2.05) is 69.3 Å². The Kier molecular flexibility index (Phi) is 9.47. The number of methoxy groups -OCH3 is 1. The SMILES string of the molecule is CCOc1ccc([C@H]2C(C(=O)OC)=CN=c3s/c(=C\c4ccc(OCc5cccc(C)c5)c(Br)c4)c(=O)n32)cc1OCC. The van der Waals surface area contributed by atoms with Crippen LogP contribution in [0.15, 0.2) is 86.7 Å². The molecular formula is C33H31BrN2O6S. The van der Waals surface area contributed by atoms with Crippen LogP contribution in [0.4, 0.5) is 0 Å². The molecule has 1 aromatic heterocycles. The van der Waals surface area contributed by atoms with Crippen molar-refractivity contribution in [3.8, 4) is 17.2 Å². The molecule has 0 saturated heterocycles. The summed E-state index contributed by atoms with van der Waals surface area (Å²) in [6.07, 6.45) is 3.28. The third-order valence-electron chi connectivity index (χ3n) is 6.74. The van der Waals surface area contributed by atoms with Crippen molar-refractivity contribution in [2.75, 3.05) is 20.3 Å². The summed E-state index contributed by atoms with van der Waals surface area (Å²) in [7, 11) is 1.31. The second kappa shape index (κ2) is 13.4. The van der Waals surface area contributed by atoms with Crippen LogP contribution in [0.3, 0.4) is 0 Å². The van der Waals surface area contributed by atoms with E-state index in [9.17, 15) is 9.59 Å². The Morgan fingerprint density at radius 2 is 1.77 bits per heavy atom. The highest BCUT2D eigenvalue weighted by Crippen LogP contribution is 2.35. The van der Waals surface area contributed by atoms with Crippen LogP contribution in [-0.2, 0) is 16.1 Å². The second-order valence-electron chi connectivity index (χ2n) is 9.72. The second-order valence-corrected chi connectivity index (χ2v) is 11.6. The first-order valence-corrected chi connectivity index (χ1v) is 15.4. The van der Waals surface area contributed by atoms with Gasteiger partial charge in [-0.2, -0.15) is 0 Å². The summed E-state index contributed by atoms with van der Waals surface area (Å²) in [5.74, 6) is 1.24. The molecule has 0 radical (unpaired) electrons. The van der Waals surface area contributed by atoms with E-state index in [4.69, 9.17) is 18.9 Å². The number of hydrogen-bond donors (Lipinski definition) is 0. The summed E-state index contributed by atoms with van der Waals surface area (Å²) >= 11 is 4.86. The Morgan fingerprint density at radius 1 is 1.00 bits per heavy atom. The van der Waals surface area contributed by atoms with E-state index in [2.05, 4.69) is 27.0 Å². The first-order chi connectivity index (χ1) is 20.8. The maximum absolute atomic E-state index is 13.9. The minimum atomic E-state index is -0.759. The highest BCUT2D eigenvalue weighted by Gasteiger charge is 2.31. The Morgan fingerprint density at radius 3 is 2.49 bits per heavy atom. The number of benzene rings is 3. The molecule has 0 bridgehead atoms. The molecule has 2 heterocycles. The molecule has 0 saturated carbocycles. The Labute approximate surface area is 261 Å². The molecule has 0 spiro atoms. The van der Waals surface area contributed by atoms with Gasteiger partial charge in [-0.15, -0.1) is 0 Å². The largest absolute Gasteiger partial charge is 0.490 e. The number of aromatic nitrogens is 1. The van der Waals surface area contributed by atoms with Crippen molar-refractivity contribution in [3.63, 3.8) is 0 Å². The first-order valence-electron chi connectivity index (χ1n) is 13.8. The smallest absolute Gasteiger partial charge is 0.337 e. The van der Waals surface area contributed by atoms with E-state index in [0.29, 0.717) is 52.0 Å². The number of rotatable bonds is 10. The van der Waals surface area contributed by atoms with Gasteiger partial charge in [-0.05, 0) is 83.7 Å². The van der Waals surface area contributed by atoms with Gasteiger partial charge in [0.25, 0.3) is 5.56 Å². The van der Waals surface area contributed by atoms with Crippen molar-refractivity contribution in [1.82, 2.24) is 4.57 Å². The minimum absolute atomic E-state index is 0.242. The fourth-order valence-corrected chi connectivity index (χ4v) is 6.31. The average Bonchev–Trinajstić information content (AvgIpc) is 3.31. The van der Waals surface area contributed by atoms with E-state index >= 15 is 0 Å². The Hall–Kier alpha value is -4.15. The lowest BCUT2D eigenvalue weighted by molar-refractivity contribution is -0.136. The molecule has 0 aliphatic carbocycles. The molecule has 1 atom stereocenters. The van der Waals surface area contributed by atoms with Gasteiger partial charge >= 0.3 is 5.97 Å². The number of carbonyl (C=O) groups is 1.